The first-order chi connectivity index (χ1) is 13.4. The van der Waals surface area contributed by atoms with E-state index >= 15 is 0 Å². The molecular formula is C18H15N3O7. The highest BCUT2D eigenvalue weighted by Crippen LogP contribution is 2.20. The Bertz CT molecular complexity index is 994. The van der Waals surface area contributed by atoms with E-state index in [0.29, 0.717) is 17.2 Å². The van der Waals surface area contributed by atoms with Gasteiger partial charge in [-0.2, -0.15) is 0 Å². The monoisotopic (exact) mass is 385 g/mol. The maximum Gasteiger partial charge on any atom is 0.328 e. The summed E-state index contributed by atoms with van der Waals surface area (Å²) in [6.07, 6.45) is 1.49. The number of aromatic nitrogens is 1. The van der Waals surface area contributed by atoms with Gasteiger partial charge in [-0.05, 0) is 25.1 Å². The summed E-state index contributed by atoms with van der Waals surface area (Å²) in [5.41, 5.74) is 0.215. The quantitative estimate of drug-likeness (QED) is 0.372. The van der Waals surface area contributed by atoms with Gasteiger partial charge in [-0.25, -0.2) is 4.79 Å². The number of hydrogen-bond donors (Lipinski definition) is 1. The van der Waals surface area contributed by atoms with Crippen LogP contribution in [0.1, 0.15) is 23.0 Å². The molecule has 2 aromatic heterocycles. The van der Waals surface area contributed by atoms with Crippen molar-refractivity contribution in [2.24, 2.45) is 0 Å². The number of amides is 1. The van der Waals surface area contributed by atoms with Gasteiger partial charge < -0.3 is 19.0 Å². The van der Waals surface area contributed by atoms with Crippen LogP contribution in [0.25, 0.3) is 11.5 Å². The highest BCUT2D eigenvalue weighted by atomic mass is 16.6. The maximum atomic E-state index is 12.2. The van der Waals surface area contributed by atoms with Crippen LogP contribution in [0.5, 0.6) is 0 Å². The van der Waals surface area contributed by atoms with Crippen LogP contribution in [-0.2, 0) is 16.1 Å². The minimum absolute atomic E-state index is 0.0634. The molecule has 0 aliphatic carbocycles. The van der Waals surface area contributed by atoms with Crippen LogP contribution >= 0.6 is 0 Å². The van der Waals surface area contributed by atoms with E-state index in [4.69, 9.17) is 13.7 Å². The van der Waals surface area contributed by atoms with Gasteiger partial charge in [0.25, 0.3) is 11.6 Å². The predicted molar refractivity (Wildman–Crippen MR) is 94.0 cm³/mol. The van der Waals surface area contributed by atoms with Crippen molar-refractivity contribution in [3.8, 4) is 11.5 Å². The molecule has 1 aromatic carbocycles. The molecule has 3 aromatic rings. The lowest BCUT2D eigenvalue weighted by molar-refractivity contribution is -0.384. The highest BCUT2D eigenvalue weighted by molar-refractivity contribution is 5.97. The smallest absolute Gasteiger partial charge is 0.328 e. The number of benzene rings is 1. The van der Waals surface area contributed by atoms with E-state index in [9.17, 15) is 19.7 Å². The molecule has 3 rings (SSSR count). The molecule has 0 spiro atoms. The Labute approximate surface area is 158 Å². The van der Waals surface area contributed by atoms with Crippen LogP contribution in [-0.4, -0.2) is 28.0 Å². The number of nitrogens with zero attached hydrogens (tertiary/aromatic N) is 2. The predicted octanol–water partition coefficient (Wildman–Crippen LogP) is 2.70. The number of carbonyl (C=O) groups is 2. The molecule has 10 heteroatoms. The fraction of sp³-hybridized carbons (Fsp3) is 0.167. The van der Waals surface area contributed by atoms with Gasteiger partial charge in [0, 0.05) is 23.8 Å². The van der Waals surface area contributed by atoms with Gasteiger partial charge in [-0.1, -0.05) is 11.2 Å². The van der Waals surface area contributed by atoms with Crippen molar-refractivity contribution in [1.82, 2.24) is 10.5 Å². The standard InChI is InChI=1S/C18H15N3O7/c1-11(19-17(22)12-4-2-5-14(8-12)21(24)25)18(23)27-10-13-9-16(28-20-13)15-6-3-7-26-15/h2-9,11H,10H2,1H3,(H,19,22)/t11-/m0/s1. The Hall–Kier alpha value is -3.95. The number of carbonyl (C=O) groups excluding carboxylic acids is 2. The van der Waals surface area contributed by atoms with Crippen LogP contribution < -0.4 is 5.32 Å². The average Bonchev–Trinajstić information content (AvgIpc) is 3.37. The number of esters is 1. The molecule has 10 nitrogen and oxygen atoms in total. The van der Waals surface area contributed by atoms with E-state index in [1.54, 1.807) is 18.2 Å². The van der Waals surface area contributed by atoms with Gasteiger partial charge in [0.15, 0.2) is 5.76 Å². The Morgan fingerprint density at radius 1 is 1.25 bits per heavy atom. The second-order valence-corrected chi connectivity index (χ2v) is 5.77. The topological polar surface area (TPSA) is 138 Å². The van der Waals surface area contributed by atoms with Crippen molar-refractivity contribution < 1.29 is 28.2 Å². The Kier molecular flexibility index (Phi) is 5.49. The molecule has 0 aliphatic rings. The molecule has 0 saturated carbocycles. The number of rotatable bonds is 7. The lowest BCUT2D eigenvalue weighted by Crippen LogP contribution is -2.39. The lowest BCUT2D eigenvalue weighted by Gasteiger charge is -2.12. The molecule has 0 bridgehead atoms. The second-order valence-electron chi connectivity index (χ2n) is 5.77. The summed E-state index contributed by atoms with van der Waals surface area (Å²) in [5, 5.41) is 17.0. The van der Waals surface area contributed by atoms with E-state index in [1.165, 1.54) is 31.4 Å². The van der Waals surface area contributed by atoms with E-state index in [0.717, 1.165) is 6.07 Å². The van der Waals surface area contributed by atoms with Crippen molar-refractivity contribution in [3.63, 3.8) is 0 Å². The molecular weight excluding hydrogens is 370 g/mol. The molecule has 0 unspecified atom stereocenters. The van der Waals surface area contributed by atoms with Gasteiger partial charge in [-0.3, -0.25) is 14.9 Å². The fourth-order valence-electron chi connectivity index (χ4n) is 2.28. The summed E-state index contributed by atoms with van der Waals surface area (Å²) in [7, 11) is 0. The molecule has 0 saturated heterocycles. The number of hydrogen-bond acceptors (Lipinski definition) is 8. The number of ether oxygens (including phenoxy) is 1. The zero-order valence-corrected chi connectivity index (χ0v) is 14.7. The molecule has 1 N–H and O–H groups in total. The maximum absolute atomic E-state index is 12.2. The molecule has 2 heterocycles. The third-order valence-corrected chi connectivity index (χ3v) is 3.71. The minimum atomic E-state index is -0.969. The summed E-state index contributed by atoms with van der Waals surface area (Å²) in [6, 6.07) is 9.18. The largest absolute Gasteiger partial charge is 0.461 e. The first-order valence-electron chi connectivity index (χ1n) is 8.15. The fourth-order valence-corrected chi connectivity index (χ4v) is 2.28. The number of non-ortho nitro benzene ring substituents is 1. The van der Waals surface area contributed by atoms with Gasteiger partial charge >= 0.3 is 5.97 Å². The van der Waals surface area contributed by atoms with Crippen molar-refractivity contribution in [2.45, 2.75) is 19.6 Å². The van der Waals surface area contributed by atoms with Crippen molar-refractivity contribution in [3.05, 3.63) is 70.1 Å². The first kappa shape index (κ1) is 18.8. The van der Waals surface area contributed by atoms with Crippen LogP contribution in [0.2, 0.25) is 0 Å². The SMILES string of the molecule is C[C@H](NC(=O)c1cccc([N+](=O)[O-])c1)C(=O)OCc1cc(-c2ccco2)on1. The van der Waals surface area contributed by atoms with Crippen LogP contribution in [0.15, 0.2) is 57.7 Å². The first-order valence-corrected chi connectivity index (χ1v) is 8.15. The molecule has 0 fully saturated rings. The van der Waals surface area contributed by atoms with E-state index in [1.807, 2.05) is 0 Å². The summed E-state index contributed by atoms with van der Waals surface area (Å²) < 4.78 is 15.4. The third-order valence-electron chi connectivity index (χ3n) is 3.71. The van der Waals surface area contributed by atoms with E-state index < -0.39 is 22.8 Å². The summed E-state index contributed by atoms with van der Waals surface area (Å²) in [6.45, 7) is 1.29. The van der Waals surface area contributed by atoms with Crippen LogP contribution in [0.3, 0.4) is 0 Å². The molecule has 0 aliphatic heterocycles. The van der Waals surface area contributed by atoms with Crippen molar-refractivity contribution >= 4 is 17.6 Å². The highest BCUT2D eigenvalue weighted by Gasteiger charge is 2.20. The summed E-state index contributed by atoms with van der Waals surface area (Å²) in [4.78, 5) is 34.4. The lowest BCUT2D eigenvalue weighted by atomic mass is 10.2. The van der Waals surface area contributed by atoms with Gasteiger partial charge in [0.1, 0.15) is 18.3 Å². The number of nitrogens with one attached hydrogen (secondary N) is 1. The molecule has 1 atom stereocenters. The van der Waals surface area contributed by atoms with Gasteiger partial charge in [0.2, 0.25) is 5.76 Å². The van der Waals surface area contributed by atoms with E-state index in [2.05, 4.69) is 10.5 Å². The second kappa shape index (κ2) is 8.16. The molecule has 1 amide bonds. The number of furan rings is 1. The van der Waals surface area contributed by atoms with Crippen LogP contribution in [0.4, 0.5) is 5.69 Å². The summed E-state index contributed by atoms with van der Waals surface area (Å²) >= 11 is 0. The normalized spacial score (nSPS) is 11.6. The van der Waals surface area contributed by atoms with E-state index in [-0.39, 0.29) is 17.9 Å². The average molecular weight is 385 g/mol. The number of nitro groups is 1. The van der Waals surface area contributed by atoms with Gasteiger partial charge in [0.05, 0.1) is 11.2 Å². The Morgan fingerprint density at radius 3 is 2.79 bits per heavy atom. The minimum Gasteiger partial charge on any atom is -0.461 e. The van der Waals surface area contributed by atoms with Crippen LogP contribution in [0, 0.1) is 10.1 Å². The third kappa shape index (κ3) is 4.41. The molecule has 28 heavy (non-hydrogen) atoms. The van der Waals surface area contributed by atoms with Gasteiger partial charge in [-0.15, -0.1) is 0 Å². The molecule has 0 radical (unpaired) electrons. The number of nitro benzene ring substituents is 1. The Balaban J connectivity index is 1.54. The van der Waals surface area contributed by atoms with Crippen molar-refractivity contribution in [1.29, 1.82) is 0 Å². The summed E-state index contributed by atoms with van der Waals surface area (Å²) in [5.74, 6) is -0.443. The zero-order chi connectivity index (χ0) is 20.1. The molecule has 144 valence electrons. The Morgan fingerprint density at radius 2 is 2.07 bits per heavy atom. The van der Waals surface area contributed by atoms with Crippen molar-refractivity contribution in [2.75, 3.05) is 0 Å². The zero-order valence-electron chi connectivity index (χ0n) is 14.7.